The lowest BCUT2D eigenvalue weighted by molar-refractivity contribution is -0.384. The van der Waals surface area contributed by atoms with Gasteiger partial charge in [-0.15, -0.1) is 0 Å². The Morgan fingerprint density at radius 2 is 2.00 bits per heavy atom. The number of hydrogen-bond donors (Lipinski definition) is 1. The van der Waals surface area contributed by atoms with Gasteiger partial charge in [0.15, 0.2) is 0 Å². The van der Waals surface area contributed by atoms with Crippen molar-refractivity contribution in [2.45, 2.75) is 25.4 Å². The summed E-state index contributed by atoms with van der Waals surface area (Å²) in [7, 11) is 1.86. The molecule has 0 aromatic heterocycles. The third-order valence-corrected chi connectivity index (χ3v) is 4.43. The van der Waals surface area contributed by atoms with Crippen LogP contribution in [0.5, 0.6) is 0 Å². The number of nitro benzene ring substituents is 1. The lowest BCUT2D eigenvalue weighted by Crippen LogP contribution is -2.46. The Bertz CT molecular complexity index is 522. The van der Waals surface area contributed by atoms with E-state index in [-0.39, 0.29) is 10.6 Å². The van der Waals surface area contributed by atoms with Crippen LogP contribution in [0.25, 0.3) is 0 Å². The van der Waals surface area contributed by atoms with Crippen LogP contribution in [0, 0.1) is 10.1 Å². The zero-order valence-electron chi connectivity index (χ0n) is 12.4. The molecule has 6 heteroatoms. The molecular formula is C15H22N4O2. The van der Waals surface area contributed by atoms with E-state index in [2.05, 4.69) is 15.1 Å². The second kappa shape index (κ2) is 5.99. The zero-order chi connectivity index (χ0) is 14.8. The van der Waals surface area contributed by atoms with Crippen LogP contribution in [0.2, 0.25) is 0 Å². The number of nitrogens with one attached hydrogen (secondary N) is 1. The molecule has 1 aromatic rings. The highest BCUT2D eigenvalue weighted by Crippen LogP contribution is 2.28. The zero-order valence-corrected chi connectivity index (χ0v) is 12.4. The van der Waals surface area contributed by atoms with Crippen LogP contribution in [0.3, 0.4) is 0 Å². The molecule has 1 N–H and O–H groups in total. The summed E-state index contributed by atoms with van der Waals surface area (Å²) in [5.74, 6) is 0. The molecule has 6 nitrogen and oxygen atoms in total. The fraction of sp³-hybridized carbons (Fsp3) is 0.600. The number of benzene rings is 1. The van der Waals surface area contributed by atoms with Crippen LogP contribution >= 0.6 is 0 Å². The molecule has 114 valence electrons. The van der Waals surface area contributed by atoms with E-state index in [1.165, 1.54) is 12.8 Å². The molecule has 21 heavy (non-hydrogen) atoms. The van der Waals surface area contributed by atoms with Crippen molar-refractivity contribution in [3.05, 3.63) is 33.9 Å². The number of nitrogens with zero attached hydrogens (tertiary/aromatic N) is 3. The van der Waals surface area contributed by atoms with Gasteiger partial charge < -0.3 is 5.32 Å². The van der Waals surface area contributed by atoms with Gasteiger partial charge in [-0.3, -0.25) is 19.9 Å². The van der Waals surface area contributed by atoms with E-state index < -0.39 is 0 Å². The van der Waals surface area contributed by atoms with E-state index in [9.17, 15) is 10.1 Å². The van der Waals surface area contributed by atoms with Crippen molar-refractivity contribution in [2.75, 3.05) is 38.5 Å². The maximum atomic E-state index is 10.9. The first-order valence-corrected chi connectivity index (χ1v) is 7.59. The van der Waals surface area contributed by atoms with Gasteiger partial charge in [-0.25, -0.2) is 0 Å². The summed E-state index contributed by atoms with van der Waals surface area (Å²) in [6, 6.07) is 5.88. The molecule has 3 rings (SSSR count). The van der Waals surface area contributed by atoms with E-state index >= 15 is 0 Å². The summed E-state index contributed by atoms with van der Waals surface area (Å²) in [5.41, 5.74) is 2.15. The molecule has 1 aromatic carbocycles. The second-order valence-electron chi connectivity index (χ2n) is 5.89. The average Bonchev–Trinajstić information content (AvgIpc) is 3.32. The molecule has 1 aliphatic heterocycles. The quantitative estimate of drug-likeness (QED) is 0.663. The molecule has 2 fully saturated rings. The lowest BCUT2D eigenvalue weighted by Gasteiger charge is -2.35. The van der Waals surface area contributed by atoms with Crippen LogP contribution in [0.15, 0.2) is 18.2 Å². The summed E-state index contributed by atoms with van der Waals surface area (Å²) < 4.78 is 0. The number of rotatable bonds is 5. The molecule has 0 unspecified atom stereocenters. The van der Waals surface area contributed by atoms with E-state index in [1.54, 1.807) is 18.2 Å². The molecule has 0 atom stereocenters. The van der Waals surface area contributed by atoms with Crippen molar-refractivity contribution >= 4 is 11.4 Å². The van der Waals surface area contributed by atoms with E-state index in [0.717, 1.165) is 50.0 Å². The fourth-order valence-corrected chi connectivity index (χ4v) is 3.04. The number of anilines is 1. The average molecular weight is 290 g/mol. The molecule has 1 saturated carbocycles. The third kappa shape index (κ3) is 3.33. The molecular weight excluding hydrogens is 268 g/mol. The highest BCUT2D eigenvalue weighted by atomic mass is 16.6. The second-order valence-corrected chi connectivity index (χ2v) is 5.89. The smallest absolute Gasteiger partial charge is 0.269 e. The van der Waals surface area contributed by atoms with Gasteiger partial charge in [0.1, 0.15) is 0 Å². The van der Waals surface area contributed by atoms with Gasteiger partial charge in [0.25, 0.3) is 5.69 Å². The molecule has 1 heterocycles. The van der Waals surface area contributed by atoms with Gasteiger partial charge in [-0.1, -0.05) is 0 Å². The minimum absolute atomic E-state index is 0.167. The maximum Gasteiger partial charge on any atom is 0.269 e. The Kier molecular flexibility index (Phi) is 4.07. The summed E-state index contributed by atoms with van der Waals surface area (Å²) in [4.78, 5) is 15.6. The SMILES string of the molecule is CNc1ccc([N+](=O)[O-])cc1CN1CCN(C2CC2)CC1. The summed E-state index contributed by atoms with van der Waals surface area (Å²) >= 11 is 0. The summed E-state index contributed by atoms with van der Waals surface area (Å²) in [5, 5.41) is 14.1. The molecule has 0 bridgehead atoms. The minimum Gasteiger partial charge on any atom is -0.388 e. The van der Waals surface area contributed by atoms with Gasteiger partial charge in [0.05, 0.1) is 4.92 Å². The number of piperazine rings is 1. The largest absolute Gasteiger partial charge is 0.388 e. The molecule has 0 radical (unpaired) electrons. The highest BCUT2D eigenvalue weighted by Gasteiger charge is 2.31. The van der Waals surface area contributed by atoms with E-state index in [0.29, 0.717) is 0 Å². The van der Waals surface area contributed by atoms with Crippen LogP contribution < -0.4 is 5.32 Å². The molecule has 1 saturated heterocycles. The molecule has 0 amide bonds. The predicted octanol–water partition coefficient (Wildman–Crippen LogP) is 1.92. The van der Waals surface area contributed by atoms with Gasteiger partial charge in [-0.2, -0.15) is 0 Å². The highest BCUT2D eigenvalue weighted by molar-refractivity contribution is 5.55. The molecule has 1 aliphatic carbocycles. The van der Waals surface area contributed by atoms with Crippen molar-refractivity contribution in [3.8, 4) is 0 Å². The fourth-order valence-electron chi connectivity index (χ4n) is 3.04. The van der Waals surface area contributed by atoms with Gasteiger partial charge in [-0.05, 0) is 24.5 Å². The van der Waals surface area contributed by atoms with Crippen LogP contribution in [0.1, 0.15) is 18.4 Å². The molecule has 2 aliphatic rings. The van der Waals surface area contributed by atoms with E-state index in [4.69, 9.17) is 0 Å². The van der Waals surface area contributed by atoms with Gasteiger partial charge in [0, 0.05) is 63.6 Å². The summed E-state index contributed by atoms with van der Waals surface area (Å²) in [6.07, 6.45) is 2.71. The van der Waals surface area contributed by atoms with Crippen molar-refractivity contribution in [2.24, 2.45) is 0 Å². The topological polar surface area (TPSA) is 61.7 Å². The first-order valence-electron chi connectivity index (χ1n) is 7.59. The van der Waals surface area contributed by atoms with Gasteiger partial charge in [0.2, 0.25) is 0 Å². The number of non-ortho nitro benzene ring substituents is 1. The van der Waals surface area contributed by atoms with Crippen LogP contribution in [-0.4, -0.2) is 54.0 Å². The monoisotopic (exact) mass is 290 g/mol. The maximum absolute atomic E-state index is 10.9. The number of nitro groups is 1. The number of hydrogen-bond acceptors (Lipinski definition) is 5. The Hall–Kier alpha value is -1.66. The Morgan fingerprint density at radius 1 is 1.29 bits per heavy atom. The summed E-state index contributed by atoms with van der Waals surface area (Å²) in [6.45, 7) is 5.10. The standard InChI is InChI=1S/C15H22N4O2/c1-16-15-5-4-14(19(20)21)10-12(15)11-17-6-8-18(9-7-17)13-2-3-13/h4-5,10,13,16H,2-3,6-9,11H2,1H3. The van der Waals surface area contributed by atoms with Crippen molar-refractivity contribution in [1.82, 2.24) is 9.80 Å². The lowest BCUT2D eigenvalue weighted by atomic mass is 10.1. The predicted molar refractivity (Wildman–Crippen MR) is 82.5 cm³/mol. The minimum atomic E-state index is -0.325. The van der Waals surface area contributed by atoms with Crippen molar-refractivity contribution in [3.63, 3.8) is 0 Å². The molecule has 0 spiro atoms. The normalized spacial score (nSPS) is 20.4. The first kappa shape index (κ1) is 14.3. The third-order valence-electron chi connectivity index (χ3n) is 4.43. The van der Waals surface area contributed by atoms with Crippen molar-refractivity contribution < 1.29 is 4.92 Å². The Morgan fingerprint density at radius 3 is 2.57 bits per heavy atom. The van der Waals surface area contributed by atoms with Crippen LogP contribution in [-0.2, 0) is 6.54 Å². The Labute approximate surface area is 124 Å². The first-order chi connectivity index (χ1) is 10.2. The Balaban J connectivity index is 1.66. The van der Waals surface area contributed by atoms with Gasteiger partial charge >= 0.3 is 0 Å². The van der Waals surface area contributed by atoms with Crippen LogP contribution in [0.4, 0.5) is 11.4 Å². The van der Waals surface area contributed by atoms with Crippen molar-refractivity contribution in [1.29, 1.82) is 0 Å². The van der Waals surface area contributed by atoms with E-state index in [1.807, 2.05) is 7.05 Å².